The van der Waals surface area contributed by atoms with Gasteiger partial charge in [-0.05, 0) is 32.8 Å². The lowest BCUT2D eigenvalue weighted by Crippen LogP contribution is -2.40. The molecule has 1 saturated carbocycles. The maximum Gasteiger partial charge on any atom is 0.257 e. The Kier molecular flexibility index (Phi) is 4.85. The second-order valence-electron chi connectivity index (χ2n) is 7.90. The lowest BCUT2D eigenvalue weighted by molar-refractivity contribution is -0.129. The summed E-state index contributed by atoms with van der Waals surface area (Å²) in [5.41, 5.74) is 2.81. The molecule has 144 valence electrons. The van der Waals surface area contributed by atoms with E-state index in [-0.39, 0.29) is 17.9 Å². The number of rotatable bonds is 3. The van der Waals surface area contributed by atoms with E-state index >= 15 is 0 Å². The van der Waals surface area contributed by atoms with Crippen molar-refractivity contribution in [2.75, 3.05) is 6.54 Å². The SMILES string of the molecule is Cc1cc(C)n2ncc(C(=O)NC3CC(=O)N(C4CCCCCC4)C3)c2n1. The van der Waals surface area contributed by atoms with Gasteiger partial charge < -0.3 is 10.2 Å². The third-order valence-electron chi connectivity index (χ3n) is 5.78. The number of hydrogen-bond acceptors (Lipinski definition) is 4. The van der Waals surface area contributed by atoms with Gasteiger partial charge in [-0.2, -0.15) is 5.10 Å². The Bertz CT molecular complexity index is 867. The van der Waals surface area contributed by atoms with Crippen molar-refractivity contribution < 1.29 is 9.59 Å². The molecule has 2 amide bonds. The van der Waals surface area contributed by atoms with Crippen molar-refractivity contribution in [2.45, 2.75) is 70.9 Å². The fourth-order valence-corrected chi connectivity index (χ4v) is 4.44. The number of carbonyl (C=O) groups is 2. The van der Waals surface area contributed by atoms with E-state index in [1.807, 2.05) is 24.8 Å². The normalized spacial score (nSPS) is 21.6. The number of hydrogen-bond donors (Lipinski definition) is 1. The lowest BCUT2D eigenvalue weighted by atomic mass is 10.1. The summed E-state index contributed by atoms with van der Waals surface area (Å²) in [5.74, 6) is -0.0418. The zero-order valence-electron chi connectivity index (χ0n) is 16.1. The summed E-state index contributed by atoms with van der Waals surface area (Å²) in [6.45, 7) is 4.46. The zero-order valence-corrected chi connectivity index (χ0v) is 16.1. The van der Waals surface area contributed by atoms with Gasteiger partial charge in [0.1, 0.15) is 5.56 Å². The number of carbonyl (C=O) groups excluding carboxylic acids is 2. The molecule has 27 heavy (non-hydrogen) atoms. The first-order valence-electron chi connectivity index (χ1n) is 9.95. The second kappa shape index (κ2) is 7.29. The lowest BCUT2D eigenvalue weighted by Gasteiger charge is -2.27. The van der Waals surface area contributed by atoms with Crippen LogP contribution >= 0.6 is 0 Å². The minimum atomic E-state index is -0.206. The molecule has 2 fully saturated rings. The number of amides is 2. The van der Waals surface area contributed by atoms with Crippen LogP contribution in [0.2, 0.25) is 0 Å². The Morgan fingerprint density at radius 2 is 1.93 bits per heavy atom. The minimum absolute atomic E-state index is 0.144. The number of aryl methyl sites for hydroxylation is 2. The van der Waals surface area contributed by atoms with Gasteiger partial charge in [-0.1, -0.05) is 25.7 Å². The molecule has 2 aromatic rings. The third-order valence-corrected chi connectivity index (χ3v) is 5.78. The molecule has 1 atom stereocenters. The molecule has 1 aliphatic heterocycles. The molecular weight excluding hydrogens is 342 g/mol. The van der Waals surface area contributed by atoms with Gasteiger partial charge in [0.2, 0.25) is 5.91 Å². The summed E-state index contributed by atoms with van der Waals surface area (Å²) >= 11 is 0. The van der Waals surface area contributed by atoms with E-state index in [0.29, 0.717) is 30.2 Å². The fourth-order valence-electron chi connectivity index (χ4n) is 4.44. The van der Waals surface area contributed by atoms with E-state index < -0.39 is 0 Å². The minimum Gasteiger partial charge on any atom is -0.347 e. The van der Waals surface area contributed by atoms with Crippen molar-refractivity contribution in [2.24, 2.45) is 0 Å². The highest BCUT2D eigenvalue weighted by Crippen LogP contribution is 2.26. The number of fused-ring (bicyclic) bond motifs is 1. The molecular formula is C20H27N5O2. The molecule has 2 aromatic heterocycles. The molecule has 3 heterocycles. The van der Waals surface area contributed by atoms with Gasteiger partial charge in [0.25, 0.3) is 5.91 Å². The van der Waals surface area contributed by atoms with Crippen LogP contribution in [0.4, 0.5) is 0 Å². The van der Waals surface area contributed by atoms with Crippen LogP contribution < -0.4 is 5.32 Å². The average molecular weight is 369 g/mol. The molecule has 1 N–H and O–H groups in total. The van der Waals surface area contributed by atoms with Crippen molar-refractivity contribution >= 4 is 17.5 Å². The van der Waals surface area contributed by atoms with E-state index in [1.165, 1.54) is 25.7 Å². The maximum absolute atomic E-state index is 12.8. The smallest absolute Gasteiger partial charge is 0.257 e. The molecule has 1 saturated heterocycles. The number of aromatic nitrogens is 3. The quantitative estimate of drug-likeness (QED) is 0.843. The molecule has 4 rings (SSSR count). The van der Waals surface area contributed by atoms with Crippen molar-refractivity contribution in [1.82, 2.24) is 24.8 Å². The van der Waals surface area contributed by atoms with Gasteiger partial charge in [0.15, 0.2) is 5.65 Å². The van der Waals surface area contributed by atoms with E-state index in [1.54, 1.807) is 10.7 Å². The highest BCUT2D eigenvalue weighted by Gasteiger charge is 2.35. The maximum atomic E-state index is 12.8. The third kappa shape index (κ3) is 3.55. The molecule has 0 radical (unpaired) electrons. The van der Waals surface area contributed by atoms with Crippen molar-refractivity contribution in [3.63, 3.8) is 0 Å². The van der Waals surface area contributed by atoms with Gasteiger partial charge in [0.05, 0.1) is 12.2 Å². The van der Waals surface area contributed by atoms with Crippen molar-refractivity contribution in [1.29, 1.82) is 0 Å². The van der Waals surface area contributed by atoms with Gasteiger partial charge in [-0.15, -0.1) is 0 Å². The van der Waals surface area contributed by atoms with Crippen LogP contribution in [-0.4, -0.2) is 49.9 Å². The van der Waals surface area contributed by atoms with Crippen LogP contribution in [0, 0.1) is 13.8 Å². The van der Waals surface area contributed by atoms with Crippen molar-refractivity contribution in [3.05, 3.63) is 29.2 Å². The van der Waals surface area contributed by atoms with Crippen LogP contribution in [0.25, 0.3) is 5.65 Å². The number of nitrogens with zero attached hydrogens (tertiary/aromatic N) is 4. The Morgan fingerprint density at radius 1 is 1.19 bits per heavy atom. The molecule has 1 unspecified atom stereocenters. The van der Waals surface area contributed by atoms with Crippen LogP contribution in [-0.2, 0) is 4.79 Å². The van der Waals surface area contributed by atoms with Crippen LogP contribution in [0.1, 0.15) is 66.7 Å². The number of nitrogens with one attached hydrogen (secondary N) is 1. The summed E-state index contributed by atoms with van der Waals surface area (Å²) < 4.78 is 1.68. The van der Waals surface area contributed by atoms with Crippen LogP contribution in [0.3, 0.4) is 0 Å². The molecule has 2 aliphatic rings. The average Bonchev–Trinajstić information content (AvgIpc) is 3.08. The fraction of sp³-hybridized carbons (Fsp3) is 0.600. The molecule has 1 aliphatic carbocycles. The second-order valence-corrected chi connectivity index (χ2v) is 7.90. The Labute approximate surface area is 159 Å². The van der Waals surface area contributed by atoms with E-state index in [0.717, 1.165) is 24.2 Å². The van der Waals surface area contributed by atoms with Crippen LogP contribution in [0.5, 0.6) is 0 Å². The summed E-state index contributed by atoms with van der Waals surface area (Å²) in [6, 6.07) is 2.13. The van der Waals surface area contributed by atoms with Gasteiger partial charge >= 0.3 is 0 Å². The summed E-state index contributed by atoms with van der Waals surface area (Å²) in [4.78, 5) is 31.8. The summed E-state index contributed by atoms with van der Waals surface area (Å²) in [5, 5.41) is 7.32. The first-order valence-corrected chi connectivity index (χ1v) is 9.95. The van der Waals surface area contributed by atoms with E-state index in [9.17, 15) is 9.59 Å². The molecule has 7 nitrogen and oxygen atoms in total. The predicted octanol–water partition coefficient (Wildman–Crippen LogP) is 2.40. The Balaban J connectivity index is 1.47. The first kappa shape index (κ1) is 17.9. The Morgan fingerprint density at radius 3 is 2.67 bits per heavy atom. The van der Waals surface area contributed by atoms with E-state index in [2.05, 4.69) is 15.4 Å². The largest absolute Gasteiger partial charge is 0.347 e. The number of likely N-dealkylation sites (tertiary alicyclic amines) is 1. The monoisotopic (exact) mass is 369 g/mol. The molecule has 0 bridgehead atoms. The molecule has 0 aromatic carbocycles. The highest BCUT2D eigenvalue weighted by molar-refractivity contribution is 6.00. The predicted molar refractivity (Wildman–Crippen MR) is 102 cm³/mol. The highest BCUT2D eigenvalue weighted by atomic mass is 16.2. The van der Waals surface area contributed by atoms with Gasteiger partial charge in [0, 0.05) is 30.4 Å². The summed E-state index contributed by atoms with van der Waals surface area (Å²) in [7, 11) is 0. The van der Waals surface area contributed by atoms with Gasteiger partial charge in [-0.25, -0.2) is 9.50 Å². The van der Waals surface area contributed by atoms with Crippen molar-refractivity contribution in [3.8, 4) is 0 Å². The first-order chi connectivity index (χ1) is 13.0. The standard InChI is InChI=1S/C20H27N5O2/c1-13-9-14(2)25-19(22-13)17(11-21-25)20(27)23-15-10-18(26)24(12-15)16-7-5-3-4-6-8-16/h9,11,15-16H,3-8,10,12H2,1-2H3,(H,23,27). The van der Waals surface area contributed by atoms with Gasteiger partial charge in [-0.3, -0.25) is 9.59 Å². The molecule has 0 spiro atoms. The topological polar surface area (TPSA) is 79.6 Å². The zero-order chi connectivity index (χ0) is 19.0. The Hall–Kier alpha value is -2.44. The summed E-state index contributed by atoms with van der Waals surface area (Å²) in [6.07, 6.45) is 9.03. The molecule has 7 heteroatoms. The van der Waals surface area contributed by atoms with E-state index in [4.69, 9.17) is 0 Å². The van der Waals surface area contributed by atoms with Crippen LogP contribution in [0.15, 0.2) is 12.3 Å².